The minimum absolute atomic E-state index is 0.0634. The zero-order chi connectivity index (χ0) is 26.8. The average Bonchev–Trinajstić information content (AvgIpc) is 3.32. The summed E-state index contributed by atoms with van der Waals surface area (Å²) in [5, 5.41) is 6.24. The second-order valence-corrected chi connectivity index (χ2v) is 9.82. The molecule has 1 atom stereocenters. The van der Waals surface area contributed by atoms with Gasteiger partial charge in [0, 0.05) is 28.4 Å². The Morgan fingerprint density at radius 1 is 1.11 bits per heavy atom. The van der Waals surface area contributed by atoms with Crippen LogP contribution in [0.25, 0.3) is 22.0 Å². The predicted molar refractivity (Wildman–Crippen MR) is 148 cm³/mol. The summed E-state index contributed by atoms with van der Waals surface area (Å²) in [5.41, 5.74) is 2.23. The minimum atomic E-state index is -0.950. The molecule has 1 aromatic heterocycles. The van der Waals surface area contributed by atoms with E-state index in [4.69, 9.17) is 23.2 Å². The number of likely N-dealkylation sites (tertiary alicyclic amines) is 1. The van der Waals surface area contributed by atoms with E-state index in [0.29, 0.717) is 32.7 Å². The molecular formula is C28H23Cl2F2N5O. The molecule has 1 aliphatic rings. The molecule has 194 valence electrons. The van der Waals surface area contributed by atoms with Crippen LogP contribution in [0.2, 0.25) is 10.0 Å². The highest BCUT2D eigenvalue weighted by Gasteiger charge is 2.20. The van der Waals surface area contributed by atoms with Gasteiger partial charge >= 0.3 is 0 Å². The maximum atomic E-state index is 14.8. The molecule has 2 N–H and O–H groups in total. The van der Waals surface area contributed by atoms with Gasteiger partial charge in [-0.3, -0.25) is 9.69 Å². The number of halogens is 4. The van der Waals surface area contributed by atoms with Gasteiger partial charge in [-0.05, 0) is 68.4 Å². The van der Waals surface area contributed by atoms with E-state index in [0.717, 1.165) is 25.5 Å². The molecule has 10 heteroatoms. The number of rotatable bonds is 6. The van der Waals surface area contributed by atoms with E-state index in [-0.39, 0.29) is 23.5 Å². The summed E-state index contributed by atoms with van der Waals surface area (Å²) in [6.07, 6.45) is 6.86. The first-order chi connectivity index (χ1) is 18.3. The number of likely N-dealkylation sites (N-methyl/N-ethyl adjacent to an activating group) is 1. The highest BCUT2D eigenvalue weighted by atomic mass is 35.5. The summed E-state index contributed by atoms with van der Waals surface area (Å²) in [4.78, 5) is 23.9. The Morgan fingerprint density at radius 3 is 2.68 bits per heavy atom. The fourth-order valence-electron chi connectivity index (χ4n) is 4.60. The van der Waals surface area contributed by atoms with Gasteiger partial charge in [-0.1, -0.05) is 41.4 Å². The van der Waals surface area contributed by atoms with Crippen molar-refractivity contribution in [2.24, 2.45) is 0 Å². The van der Waals surface area contributed by atoms with E-state index >= 15 is 0 Å². The van der Waals surface area contributed by atoms with Gasteiger partial charge in [-0.15, -0.1) is 0 Å². The molecule has 3 aromatic carbocycles. The summed E-state index contributed by atoms with van der Waals surface area (Å²) in [7, 11) is 2.03. The summed E-state index contributed by atoms with van der Waals surface area (Å²) in [6, 6.07) is 13.1. The summed E-state index contributed by atoms with van der Waals surface area (Å²) in [6.45, 7) is 0.996. The zero-order valence-electron chi connectivity index (χ0n) is 20.3. The van der Waals surface area contributed by atoms with Crippen LogP contribution in [0.1, 0.15) is 12.8 Å². The molecule has 38 heavy (non-hydrogen) atoms. The zero-order valence-corrected chi connectivity index (χ0v) is 21.8. The van der Waals surface area contributed by atoms with Crippen molar-refractivity contribution in [1.29, 1.82) is 0 Å². The number of benzene rings is 3. The van der Waals surface area contributed by atoms with Crippen molar-refractivity contribution in [2.75, 3.05) is 24.2 Å². The minimum Gasteiger partial charge on any atom is -0.337 e. The second kappa shape index (κ2) is 11.0. The van der Waals surface area contributed by atoms with Crippen LogP contribution >= 0.6 is 23.2 Å². The largest absolute Gasteiger partial charge is 0.337 e. The lowest BCUT2D eigenvalue weighted by atomic mass is 9.98. The standard InChI is InChI=1S/C28H23Cl2F2N5O/c1-37-13-3-6-18(37)7-12-23(38)35-21-11-10-20-25(24(21)16-4-2-5-17(29)14-16)28(34-15-33-20)36-22-9-8-19(31)26(30)27(22)32/h2,4-5,7-12,14-15,18H,3,6,13H2,1H3,(H,35,38)(H,33,34,36)/b12-7+/t18-/m1/s1. The van der Waals surface area contributed by atoms with Crippen LogP contribution < -0.4 is 10.6 Å². The molecule has 0 bridgehead atoms. The molecule has 1 amide bonds. The normalized spacial score (nSPS) is 15.9. The van der Waals surface area contributed by atoms with Gasteiger partial charge in [-0.2, -0.15) is 0 Å². The number of carbonyl (C=O) groups excluding carboxylic acids is 1. The first kappa shape index (κ1) is 26.0. The van der Waals surface area contributed by atoms with E-state index < -0.39 is 16.7 Å². The van der Waals surface area contributed by atoms with Crippen molar-refractivity contribution in [3.63, 3.8) is 0 Å². The average molecular weight is 554 g/mol. The molecule has 0 radical (unpaired) electrons. The van der Waals surface area contributed by atoms with E-state index in [9.17, 15) is 13.6 Å². The van der Waals surface area contributed by atoms with E-state index in [1.807, 2.05) is 19.2 Å². The lowest BCUT2D eigenvalue weighted by Crippen LogP contribution is -2.23. The van der Waals surface area contributed by atoms with Crippen molar-refractivity contribution in [3.8, 4) is 11.1 Å². The smallest absolute Gasteiger partial charge is 0.248 e. The number of carbonyl (C=O) groups is 1. The molecular weight excluding hydrogens is 531 g/mol. The highest BCUT2D eigenvalue weighted by Crippen LogP contribution is 2.40. The Balaban J connectivity index is 1.61. The van der Waals surface area contributed by atoms with E-state index in [2.05, 4.69) is 25.5 Å². The summed E-state index contributed by atoms with van der Waals surface area (Å²) < 4.78 is 28.5. The summed E-state index contributed by atoms with van der Waals surface area (Å²) >= 11 is 12.1. The van der Waals surface area contributed by atoms with E-state index in [1.165, 1.54) is 18.5 Å². The van der Waals surface area contributed by atoms with Crippen LogP contribution in [-0.2, 0) is 4.79 Å². The molecule has 4 aromatic rings. The van der Waals surface area contributed by atoms with Crippen molar-refractivity contribution in [2.45, 2.75) is 18.9 Å². The number of aromatic nitrogens is 2. The van der Waals surface area contributed by atoms with Crippen LogP contribution in [-0.4, -0.2) is 40.4 Å². The molecule has 0 unspecified atom stereocenters. The fraction of sp³-hybridized carbons (Fsp3) is 0.179. The van der Waals surface area contributed by atoms with Crippen LogP contribution in [0.5, 0.6) is 0 Å². The topological polar surface area (TPSA) is 70.2 Å². The Kier molecular flexibility index (Phi) is 7.56. The number of nitrogens with zero attached hydrogens (tertiary/aromatic N) is 3. The van der Waals surface area contributed by atoms with Crippen LogP contribution in [0.15, 0.2) is 67.0 Å². The SMILES string of the molecule is CN1CCC[C@@H]1/C=C/C(=O)Nc1ccc2ncnc(Nc3ccc(F)c(Cl)c3F)c2c1-c1cccc(Cl)c1. The number of hydrogen-bond donors (Lipinski definition) is 2. The monoisotopic (exact) mass is 553 g/mol. The molecule has 0 saturated carbocycles. The van der Waals surface area contributed by atoms with Gasteiger partial charge in [0.15, 0.2) is 5.82 Å². The van der Waals surface area contributed by atoms with Crippen LogP contribution in [0.4, 0.5) is 26.0 Å². The van der Waals surface area contributed by atoms with Crippen molar-refractivity contribution < 1.29 is 13.6 Å². The molecule has 1 saturated heterocycles. The van der Waals surface area contributed by atoms with Gasteiger partial charge in [0.05, 0.1) is 16.6 Å². The third-order valence-corrected chi connectivity index (χ3v) is 7.09. The maximum absolute atomic E-state index is 14.8. The van der Waals surface area contributed by atoms with Crippen molar-refractivity contribution >= 4 is 57.2 Å². The van der Waals surface area contributed by atoms with E-state index in [1.54, 1.807) is 30.3 Å². The molecule has 0 spiro atoms. The van der Waals surface area contributed by atoms with Gasteiger partial charge in [-0.25, -0.2) is 18.7 Å². The Morgan fingerprint density at radius 2 is 1.92 bits per heavy atom. The quantitative estimate of drug-likeness (QED) is 0.195. The molecule has 1 fully saturated rings. The first-order valence-electron chi connectivity index (χ1n) is 12.0. The highest BCUT2D eigenvalue weighted by molar-refractivity contribution is 6.31. The Bertz CT molecular complexity index is 1560. The van der Waals surface area contributed by atoms with Crippen LogP contribution in [0.3, 0.4) is 0 Å². The molecule has 2 heterocycles. The Labute approximate surface area is 228 Å². The predicted octanol–water partition coefficient (Wildman–Crippen LogP) is 7.21. The first-order valence-corrected chi connectivity index (χ1v) is 12.7. The molecule has 1 aliphatic heterocycles. The van der Waals surface area contributed by atoms with Crippen molar-refractivity contribution in [1.82, 2.24) is 14.9 Å². The third kappa shape index (κ3) is 5.34. The van der Waals surface area contributed by atoms with Crippen LogP contribution in [0, 0.1) is 11.6 Å². The third-order valence-electron chi connectivity index (χ3n) is 6.51. The number of amides is 1. The number of anilines is 3. The lowest BCUT2D eigenvalue weighted by molar-refractivity contribution is -0.111. The maximum Gasteiger partial charge on any atom is 0.248 e. The lowest BCUT2D eigenvalue weighted by Gasteiger charge is -2.17. The second-order valence-electron chi connectivity index (χ2n) is 9.00. The molecule has 0 aliphatic carbocycles. The number of nitrogens with one attached hydrogen (secondary N) is 2. The van der Waals surface area contributed by atoms with Gasteiger partial charge in [0.25, 0.3) is 0 Å². The molecule has 5 rings (SSSR count). The van der Waals surface area contributed by atoms with Gasteiger partial charge < -0.3 is 10.6 Å². The number of fused-ring (bicyclic) bond motifs is 1. The van der Waals surface area contributed by atoms with Crippen molar-refractivity contribution in [3.05, 3.63) is 88.7 Å². The van der Waals surface area contributed by atoms with Gasteiger partial charge in [0.2, 0.25) is 5.91 Å². The summed E-state index contributed by atoms with van der Waals surface area (Å²) in [5.74, 6) is -1.88. The fourth-order valence-corrected chi connectivity index (χ4v) is 4.95. The number of hydrogen-bond acceptors (Lipinski definition) is 5. The Hall–Kier alpha value is -3.59. The molecule has 6 nitrogen and oxygen atoms in total. The van der Waals surface area contributed by atoms with Gasteiger partial charge in [0.1, 0.15) is 23.0 Å².